The van der Waals surface area contributed by atoms with Gasteiger partial charge in [0.25, 0.3) is 5.91 Å². The number of hydrogen-bond donors (Lipinski definition) is 3. The summed E-state index contributed by atoms with van der Waals surface area (Å²) in [5.41, 5.74) is 1.76. The average molecular weight is 332 g/mol. The molecule has 0 atom stereocenters. The maximum atomic E-state index is 12.1. The Balaban J connectivity index is 1.79. The molecular formula is C19H28N2O3. The Labute approximate surface area is 143 Å². The van der Waals surface area contributed by atoms with Crippen molar-refractivity contribution in [1.82, 2.24) is 10.6 Å². The van der Waals surface area contributed by atoms with E-state index in [1.807, 2.05) is 12.1 Å². The van der Waals surface area contributed by atoms with E-state index >= 15 is 0 Å². The van der Waals surface area contributed by atoms with Crippen LogP contribution in [0.5, 0.6) is 0 Å². The lowest BCUT2D eigenvalue weighted by Crippen LogP contribution is -2.43. The zero-order chi connectivity index (χ0) is 17.7. The van der Waals surface area contributed by atoms with Crippen LogP contribution in [0.1, 0.15) is 62.4 Å². The zero-order valence-corrected chi connectivity index (χ0v) is 14.8. The van der Waals surface area contributed by atoms with Crippen molar-refractivity contribution in [2.45, 2.75) is 64.0 Å². The third kappa shape index (κ3) is 5.34. The summed E-state index contributed by atoms with van der Waals surface area (Å²) >= 11 is 0. The molecule has 1 aliphatic rings. The van der Waals surface area contributed by atoms with Crippen LogP contribution in [0.2, 0.25) is 0 Å². The molecule has 1 fully saturated rings. The van der Waals surface area contributed by atoms with Gasteiger partial charge in [0, 0.05) is 11.6 Å². The van der Waals surface area contributed by atoms with Crippen molar-refractivity contribution in [2.24, 2.45) is 0 Å². The quantitative estimate of drug-likeness (QED) is 0.790. The third-order valence-corrected chi connectivity index (χ3v) is 4.48. The first-order valence-electron chi connectivity index (χ1n) is 8.62. The fourth-order valence-electron chi connectivity index (χ4n) is 2.88. The van der Waals surface area contributed by atoms with Gasteiger partial charge in [0.05, 0.1) is 12.6 Å². The highest BCUT2D eigenvalue weighted by Crippen LogP contribution is 2.22. The van der Waals surface area contributed by atoms with Crippen LogP contribution in [0.4, 0.5) is 0 Å². The molecule has 0 spiro atoms. The van der Waals surface area contributed by atoms with Gasteiger partial charge in [-0.15, -0.1) is 0 Å². The molecule has 132 valence electrons. The topological polar surface area (TPSA) is 78.4 Å². The van der Waals surface area contributed by atoms with Gasteiger partial charge in [0.1, 0.15) is 0 Å². The van der Waals surface area contributed by atoms with Crippen LogP contribution in [0.15, 0.2) is 24.3 Å². The third-order valence-electron chi connectivity index (χ3n) is 4.48. The van der Waals surface area contributed by atoms with E-state index in [0.717, 1.165) is 31.2 Å². The Hall–Kier alpha value is -1.88. The summed E-state index contributed by atoms with van der Waals surface area (Å²) < 4.78 is 0. The number of nitrogens with one attached hydrogen (secondary N) is 2. The molecule has 0 aromatic heterocycles. The van der Waals surface area contributed by atoms with Gasteiger partial charge in [0.15, 0.2) is 0 Å². The number of amides is 2. The van der Waals surface area contributed by atoms with E-state index < -0.39 is 0 Å². The second kappa shape index (κ2) is 7.79. The molecule has 0 aliphatic heterocycles. The van der Waals surface area contributed by atoms with Crippen molar-refractivity contribution in [3.8, 4) is 0 Å². The Morgan fingerprint density at radius 3 is 2.21 bits per heavy atom. The van der Waals surface area contributed by atoms with Crippen molar-refractivity contribution >= 4 is 11.8 Å². The Bertz CT molecular complexity index is 567. The molecule has 0 saturated heterocycles. The summed E-state index contributed by atoms with van der Waals surface area (Å²) in [6.07, 6.45) is 2.77. The molecule has 5 nitrogen and oxygen atoms in total. The molecule has 1 aromatic rings. The molecule has 2 rings (SSSR count). The predicted molar refractivity (Wildman–Crippen MR) is 93.9 cm³/mol. The summed E-state index contributed by atoms with van der Waals surface area (Å²) in [5, 5.41) is 15.0. The number of hydrogen-bond acceptors (Lipinski definition) is 3. The van der Waals surface area contributed by atoms with E-state index in [2.05, 4.69) is 31.4 Å². The van der Waals surface area contributed by atoms with E-state index in [-0.39, 0.29) is 35.9 Å². The van der Waals surface area contributed by atoms with E-state index in [1.165, 1.54) is 0 Å². The lowest BCUT2D eigenvalue weighted by Gasteiger charge is -2.26. The Morgan fingerprint density at radius 2 is 1.67 bits per heavy atom. The minimum atomic E-state index is -0.246. The van der Waals surface area contributed by atoms with Crippen LogP contribution in [0.25, 0.3) is 0 Å². The first-order chi connectivity index (χ1) is 11.3. The van der Waals surface area contributed by atoms with Crippen LogP contribution in [0.3, 0.4) is 0 Å². The van der Waals surface area contributed by atoms with Gasteiger partial charge >= 0.3 is 0 Å². The number of rotatable bonds is 4. The number of benzene rings is 1. The van der Waals surface area contributed by atoms with Gasteiger partial charge in [-0.25, -0.2) is 0 Å². The van der Waals surface area contributed by atoms with E-state index in [9.17, 15) is 14.7 Å². The number of carbonyl (C=O) groups excluding carboxylic acids is 2. The van der Waals surface area contributed by atoms with Crippen molar-refractivity contribution < 1.29 is 14.7 Å². The van der Waals surface area contributed by atoms with E-state index in [1.54, 1.807) is 12.1 Å². The first-order valence-corrected chi connectivity index (χ1v) is 8.62. The molecule has 2 amide bonds. The van der Waals surface area contributed by atoms with Crippen molar-refractivity contribution in [3.63, 3.8) is 0 Å². The van der Waals surface area contributed by atoms with E-state index in [4.69, 9.17) is 0 Å². The van der Waals surface area contributed by atoms with Crippen LogP contribution in [-0.4, -0.2) is 35.6 Å². The number of aliphatic hydroxyl groups is 1. The minimum Gasteiger partial charge on any atom is -0.393 e. The summed E-state index contributed by atoms with van der Waals surface area (Å²) in [6, 6.07) is 7.57. The SMILES string of the molecule is CC(C)(C)c1ccc(C(=O)NCC(=O)NC2CCC(O)CC2)cc1. The highest BCUT2D eigenvalue weighted by atomic mass is 16.3. The fourth-order valence-corrected chi connectivity index (χ4v) is 2.88. The molecule has 1 aliphatic carbocycles. The second-order valence-electron chi connectivity index (χ2n) is 7.58. The van der Waals surface area contributed by atoms with Gasteiger partial charge in [-0.2, -0.15) is 0 Å². The van der Waals surface area contributed by atoms with Gasteiger partial charge in [0.2, 0.25) is 5.91 Å². The summed E-state index contributed by atoms with van der Waals surface area (Å²) in [6.45, 7) is 6.34. The van der Waals surface area contributed by atoms with Crippen LogP contribution >= 0.6 is 0 Å². The van der Waals surface area contributed by atoms with Gasteiger partial charge in [-0.05, 0) is 48.8 Å². The fraction of sp³-hybridized carbons (Fsp3) is 0.579. The lowest BCUT2D eigenvalue weighted by atomic mass is 9.87. The van der Waals surface area contributed by atoms with Crippen LogP contribution < -0.4 is 10.6 Å². The Morgan fingerprint density at radius 1 is 1.08 bits per heavy atom. The highest BCUT2D eigenvalue weighted by molar-refractivity contribution is 5.96. The molecule has 1 aromatic carbocycles. The maximum Gasteiger partial charge on any atom is 0.251 e. The predicted octanol–water partition coefficient (Wildman–Crippen LogP) is 2.13. The van der Waals surface area contributed by atoms with Gasteiger partial charge < -0.3 is 15.7 Å². The van der Waals surface area contributed by atoms with Gasteiger partial charge in [-0.3, -0.25) is 9.59 Å². The summed E-state index contributed by atoms with van der Waals surface area (Å²) in [4.78, 5) is 24.0. The lowest BCUT2D eigenvalue weighted by molar-refractivity contribution is -0.121. The Kier molecular flexibility index (Phi) is 5.99. The molecule has 1 saturated carbocycles. The van der Waals surface area contributed by atoms with E-state index in [0.29, 0.717) is 5.56 Å². The molecule has 24 heavy (non-hydrogen) atoms. The molecule has 0 heterocycles. The smallest absolute Gasteiger partial charge is 0.251 e. The number of aliphatic hydroxyl groups excluding tert-OH is 1. The van der Waals surface area contributed by atoms with Crippen molar-refractivity contribution in [1.29, 1.82) is 0 Å². The summed E-state index contributed by atoms with van der Waals surface area (Å²) in [5.74, 6) is -0.430. The second-order valence-corrected chi connectivity index (χ2v) is 7.58. The van der Waals surface area contributed by atoms with Crippen LogP contribution in [0, 0.1) is 0 Å². The van der Waals surface area contributed by atoms with Crippen molar-refractivity contribution in [2.75, 3.05) is 6.54 Å². The molecular weight excluding hydrogens is 304 g/mol. The summed E-state index contributed by atoms with van der Waals surface area (Å²) in [7, 11) is 0. The molecule has 3 N–H and O–H groups in total. The largest absolute Gasteiger partial charge is 0.393 e. The molecule has 0 bridgehead atoms. The molecule has 0 radical (unpaired) electrons. The highest BCUT2D eigenvalue weighted by Gasteiger charge is 2.21. The monoisotopic (exact) mass is 332 g/mol. The van der Waals surface area contributed by atoms with Crippen LogP contribution in [-0.2, 0) is 10.2 Å². The minimum absolute atomic E-state index is 0.0289. The molecule has 0 unspecified atom stereocenters. The van der Waals surface area contributed by atoms with Crippen molar-refractivity contribution in [3.05, 3.63) is 35.4 Å². The first kappa shape index (κ1) is 18.5. The number of carbonyl (C=O) groups is 2. The van der Waals surface area contributed by atoms with Gasteiger partial charge in [-0.1, -0.05) is 32.9 Å². The maximum absolute atomic E-state index is 12.1. The average Bonchev–Trinajstić information content (AvgIpc) is 2.54. The molecule has 5 heteroatoms. The normalized spacial score (nSPS) is 21.2. The zero-order valence-electron chi connectivity index (χ0n) is 14.8. The standard InChI is InChI=1S/C19H28N2O3/c1-19(2,3)14-6-4-13(5-7-14)18(24)20-12-17(23)21-15-8-10-16(22)11-9-15/h4-7,15-16,22H,8-12H2,1-3H3,(H,20,24)(H,21,23).